The van der Waals surface area contributed by atoms with Gasteiger partial charge in [0.1, 0.15) is 11.5 Å². The molecule has 0 saturated heterocycles. The number of ether oxygens (including phenoxy) is 2. The van der Waals surface area contributed by atoms with Gasteiger partial charge in [-0.25, -0.2) is 4.98 Å². The van der Waals surface area contributed by atoms with E-state index in [9.17, 15) is 0 Å². The van der Waals surface area contributed by atoms with E-state index in [2.05, 4.69) is 4.98 Å². The van der Waals surface area contributed by atoms with E-state index in [-0.39, 0.29) is 6.04 Å². The molecule has 1 aromatic heterocycles. The van der Waals surface area contributed by atoms with Gasteiger partial charge in [0.05, 0.1) is 7.11 Å². The second-order valence-corrected chi connectivity index (χ2v) is 3.97. The molecular formula is C14H16N2O2. The first-order valence-corrected chi connectivity index (χ1v) is 5.73. The van der Waals surface area contributed by atoms with Crippen molar-refractivity contribution in [2.24, 2.45) is 5.73 Å². The third-order valence-electron chi connectivity index (χ3n) is 2.55. The molecule has 2 aromatic rings. The fourth-order valence-corrected chi connectivity index (χ4v) is 1.61. The van der Waals surface area contributed by atoms with Crippen molar-refractivity contribution in [1.29, 1.82) is 0 Å². The van der Waals surface area contributed by atoms with Crippen molar-refractivity contribution in [2.75, 3.05) is 7.11 Å². The fourth-order valence-electron chi connectivity index (χ4n) is 1.61. The van der Waals surface area contributed by atoms with Gasteiger partial charge in [-0.05, 0) is 25.1 Å². The van der Waals surface area contributed by atoms with Crippen LogP contribution in [0, 0.1) is 0 Å². The third-order valence-corrected chi connectivity index (χ3v) is 2.55. The molecule has 1 aromatic carbocycles. The van der Waals surface area contributed by atoms with Gasteiger partial charge in [0.25, 0.3) is 0 Å². The summed E-state index contributed by atoms with van der Waals surface area (Å²) < 4.78 is 10.9. The number of nitrogens with two attached hydrogens (primary N) is 1. The predicted molar refractivity (Wildman–Crippen MR) is 69.9 cm³/mol. The lowest BCUT2D eigenvalue weighted by Crippen LogP contribution is -2.07. The molecule has 1 unspecified atom stereocenters. The molecule has 0 aliphatic carbocycles. The number of nitrogens with zero attached hydrogens (tertiary/aromatic N) is 1. The number of methoxy groups -OCH3 is 1. The molecule has 0 aliphatic rings. The largest absolute Gasteiger partial charge is 0.497 e. The Morgan fingerprint density at radius 3 is 2.67 bits per heavy atom. The minimum atomic E-state index is -0.126. The van der Waals surface area contributed by atoms with Crippen LogP contribution in [0.5, 0.6) is 17.4 Å². The molecule has 1 heterocycles. The van der Waals surface area contributed by atoms with Gasteiger partial charge >= 0.3 is 0 Å². The second kappa shape index (κ2) is 5.51. The Morgan fingerprint density at radius 1 is 1.17 bits per heavy atom. The maximum atomic E-state index is 5.88. The van der Waals surface area contributed by atoms with Gasteiger partial charge in [-0.2, -0.15) is 0 Å². The Balaban J connectivity index is 2.28. The van der Waals surface area contributed by atoms with Crippen LogP contribution in [0.1, 0.15) is 18.5 Å². The van der Waals surface area contributed by atoms with Crippen LogP contribution in [0.25, 0.3) is 0 Å². The normalized spacial score (nSPS) is 11.9. The highest BCUT2D eigenvalue weighted by Crippen LogP contribution is 2.28. The summed E-state index contributed by atoms with van der Waals surface area (Å²) in [6, 6.07) is 11.0. The SMILES string of the molecule is COc1cccc(Oc2ncccc2C(C)N)c1. The highest BCUT2D eigenvalue weighted by molar-refractivity contribution is 5.37. The zero-order valence-electron chi connectivity index (χ0n) is 10.5. The molecule has 4 nitrogen and oxygen atoms in total. The van der Waals surface area contributed by atoms with Crippen molar-refractivity contribution in [2.45, 2.75) is 13.0 Å². The van der Waals surface area contributed by atoms with Crippen LogP contribution in [-0.4, -0.2) is 12.1 Å². The quantitative estimate of drug-likeness (QED) is 0.898. The molecule has 4 heteroatoms. The molecule has 2 rings (SSSR count). The lowest BCUT2D eigenvalue weighted by Gasteiger charge is -2.12. The molecule has 0 fully saturated rings. The van der Waals surface area contributed by atoms with E-state index in [1.807, 2.05) is 37.3 Å². The van der Waals surface area contributed by atoms with E-state index in [1.165, 1.54) is 0 Å². The van der Waals surface area contributed by atoms with E-state index in [1.54, 1.807) is 19.4 Å². The van der Waals surface area contributed by atoms with Crippen molar-refractivity contribution in [1.82, 2.24) is 4.98 Å². The monoisotopic (exact) mass is 244 g/mol. The highest BCUT2D eigenvalue weighted by Gasteiger charge is 2.09. The number of hydrogen-bond donors (Lipinski definition) is 1. The van der Waals surface area contributed by atoms with Crippen LogP contribution in [-0.2, 0) is 0 Å². The Morgan fingerprint density at radius 2 is 1.94 bits per heavy atom. The Bertz CT molecular complexity index is 527. The number of rotatable bonds is 4. The summed E-state index contributed by atoms with van der Waals surface area (Å²) in [5.41, 5.74) is 6.75. The van der Waals surface area contributed by atoms with Gasteiger partial charge in [0.2, 0.25) is 5.88 Å². The predicted octanol–water partition coefficient (Wildman–Crippen LogP) is 2.90. The van der Waals surface area contributed by atoms with E-state index >= 15 is 0 Å². The maximum absolute atomic E-state index is 5.88. The third kappa shape index (κ3) is 2.78. The number of aromatic nitrogens is 1. The van der Waals surface area contributed by atoms with Crippen LogP contribution >= 0.6 is 0 Å². The van der Waals surface area contributed by atoms with Crippen molar-refractivity contribution in [3.8, 4) is 17.4 Å². The second-order valence-electron chi connectivity index (χ2n) is 3.97. The summed E-state index contributed by atoms with van der Waals surface area (Å²) in [5.74, 6) is 1.95. The molecule has 1 atom stereocenters. The van der Waals surface area contributed by atoms with Crippen LogP contribution in [0.15, 0.2) is 42.6 Å². The molecule has 0 radical (unpaired) electrons. The maximum Gasteiger partial charge on any atom is 0.223 e. The molecular weight excluding hydrogens is 228 g/mol. The van der Waals surface area contributed by atoms with Crippen molar-refractivity contribution in [3.63, 3.8) is 0 Å². The minimum Gasteiger partial charge on any atom is -0.497 e. The highest BCUT2D eigenvalue weighted by atomic mass is 16.5. The Hall–Kier alpha value is -2.07. The molecule has 2 N–H and O–H groups in total. The first-order valence-electron chi connectivity index (χ1n) is 5.73. The summed E-state index contributed by atoms with van der Waals surface area (Å²) in [6.45, 7) is 1.90. The van der Waals surface area contributed by atoms with E-state index in [0.29, 0.717) is 11.6 Å². The van der Waals surface area contributed by atoms with Crippen molar-refractivity contribution >= 4 is 0 Å². The van der Waals surface area contributed by atoms with Crippen LogP contribution in [0.4, 0.5) is 0 Å². The lowest BCUT2D eigenvalue weighted by atomic mass is 10.1. The molecule has 0 spiro atoms. The number of pyridine rings is 1. The van der Waals surface area contributed by atoms with Gasteiger partial charge in [-0.1, -0.05) is 12.1 Å². The average molecular weight is 244 g/mol. The minimum absolute atomic E-state index is 0.126. The molecule has 18 heavy (non-hydrogen) atoms. The van der Waals surface area contributed by atoms with Crippen molar-refractivity contribution in [3.05, 3.63) is 48.2 Å². The molecule has 94 valence electrons. The number of hydrogen-bond acceptors (Lipinski definition) is 4. The Kier molecular flexibility index (Phi) is 3.79. The Labute approximate surface area is 106 Å². The standard InChI is InChI=1S/C14H16N2O2/c1-10(15)13-7-4-8-16-14(13)18-12-6-3-5-11(9-12)17-2/h3-10H,15H2,1-2H3. The smallest absolute Gasteiger partial charge is 0.223 e. The van der Waals surface area contributed by atoms with Crippen molar-refractivity contribution < 1.29 is 9.47 Å². The van der Waals surface area contributed by atoms with Gasteiger partial charge in [-0.15, -0.1) is 0 Å². The molecule has 0 aliphatic heterocycles. The molecule has 0 saturated carbocycles. The first kappa shape index (κ1) is 12.4. The van der Waals surface area contributed by atoms with Crippen LogP contribution in [0.3, 0.4) is 0 Å². The molecule has 0 bridgehead atoms. The first-order chi connectivity index (χ1) is 8.70. The van der Waals surface area contributed by atoms with Gasteiger partial charge in [0.15, 0.2) is 0 Å². The summed E-state index contributed by atoms with van der Waals surface area (Å²) in [6.07, 6.45) is 1.68. The van der Waals surface area contributed by atoms with Crippen LogP contribution < -0.4 is 15.2 Å². The van der Waals surface area contributed by atoms with E-state index in [4.69, 9.17) is 15.2 Å². The van der Waals surface area contributed by atoms with Gasteiger partial charge in [-0.3, -0.25) is 0 Å². The number of benzene rings is 1. The fraction of sp³-hybridized carbons (Fsp3) is 0.214. The average Bonchev–Trinajstić information content (AvgIpc) is 2.39. The zero-order chi connectivity index (χ0) is 13.0. The summed E-state index contributed by atoms with van der Waals surface area (Å²) in [4.78, 5) is 4.21. The summed E-state index contributed by atoms with van der Waals surface area (Å²) in [5, 5.41) is 0. The topological polar surface area (TPSA) is 57.4 Å². The van der Waals surface area contributed by atoms with E-state index in [0.717, 1.165) is 11.3 Å². The zero-order valence-corrected chi connectivity index (χ0v) is 10.5. The van der Waals surface area contributed by atoms with Gasteiger partial charge < -0.3 is 15.2 Å². The summed E-state index contributed by atoms with van der Waals surface area (Å²) >= 11 is 0. The molecule has 0 amide bonds. The van der Waals surface area contributed by atoms with Crippen LogP contribution in [0.2, 0.25) is 0 Å². The summed E-state index contributed by atoms with van der Waals surface area (Å²) in [7, 11) is 1.62. The van der Waals surface area contributed by atoms with E-state index < -0.39 is 0 Å². The van der Waals surface area contributed by atoms with Gasteiger partial charge in [0, 0.05) is 23.9 Å². The lowest BCUT2D eigenvalue weighted by molar-refractivity contribution is 0.406.